The zero-order chi connectivity index (χ0) is 15.7. The predicted octanol–water partition coefficient (Wildman–Crippen LogP) is 2.19. The minimum absolute atomic E-state index is 0.00453. The lowest BCUT2D eigenvalue weighted by molar-refractivity contribution is -0.384. The van der Waals surface area contributed by atoms with E-state index >= 15 is 0 Å². The van der Waals surface area contributed by atoms with E-state index < -0.39 is 4.92 Å². The third-order valence-electron chi connectivity index (χ3n) is 4.00. The molecule has 0 N–H and O–H groups in total. The van der Waals surface area contributed by atoms with Gasteiger partial charge in [-0.3, -0.25) is 19.6 Å². The van der Waals surface area contributed by atoms with Crippen molar-refractivity contribution in [1.82, 2.24) is 14.7 Å². The van der Waals surface area contributed by atoms with Crippen LogP contribution in [-0.4, -0.2) is 38.6 Å². The van der Waals surface area contributed by atoms with E-state index in [1.165, 1.54) is 18.2 Å². The van der Waals surface area contributed by atoms with Crippen LogP contribution in [0, 0.1) is 17.0 Å². The third kappa shape index (κ3) is 2.57. The van der Waals surface area contributed by atoms with Gasteiger partial charge in [0.15, 0.2) is 0 Å². The molecule has 1 aliphatic rings. The predicted molar refractivity (Wildman–Crippen MR) is 79.6 cm³/mol. The number of hydrogen-bond donors (Lipinski definition) is 0. The van der Waals surface area contributed by atoms with E-state index in [0.717, 1.165) is 6.42 Å². The number of rotatable bonds is 3. The highest BCUT2D eigenvalue weighted by Crippen LogP contribution is 2.24. The minimum Gasteiger partial charge on any atom is -0.336 e. The molecule has 0 bridgehead atoms. The van der Waals surface area contributed by atoms with Crippen molar-refractivity contribution in [2.75, 3.05) is 13.1 Å². The number of nitrogens with zero attached hydrogens (tertiary/aromatic N) is 4. The van der Waals surface area contributed by atoms with Crippen molar-refractivity contribution in [3.63, 3.8) is 0 Å². The maximum absolute atomic E-state index is 12.6. The lowest BCUT2D eigenvalue weighted by Crippen LogP contribution is -2.29. The number of carbonyl (C=O) groups is 1. The Hall–Kier alpha value is -2.70. The van der Waals surface area contributed by atoms with Crippen molar-refractivity contribution in [2.24, 2.45) is 0 Å². The molecule has 1 fully saturated rings. The zero-order valence-corrected chi connectivity index (χ0v) is 12.2. The van der Waals surface area contributed by atoms with Crippen LogP contribution in [0.2, 0.25) is 0 Å². The van der Waals surface area contributed by atoms with Crippen LogP contribution in [0.4, 0.5) is 5.69 Å². The van der Waals surface area contributed by atoms with Crippen molar-refractivity contribution in [2.45, 2.75) is 19.4 Å². The average molecular weight is 300 g/mol. The van der Waals surface area contributed by atoms with Gasteiger partial charge in [-0.2, -0.15) is 5.10 Å². The minimum atomic E-state index is -0.454. The Bertz CT molecular complexity index is 712. The van der Waals surface area contributed by atoms with E-state index in [1.807, 2.05) is 16.9 Å². The van der Waals surface area contributed by atoms with Gasteiger partial charge in [-0.15, -0.1) is 0 Å². The number of benzene rings is 1. The maximum Gasteiger partial charge on any atom is 0.269 e. The van der Waals surface area contributed by atoms with E-state index in [1.54, 1.807) is 18.0 Å². The molecular weight excluding hydrogens is 284 g/mol. The summed E-state index contributed by atoms with van der Waals surface area (Å²) < 4.78 is 1.87. The van der Waals surface area contributed by atoms with Crippen molar-refractivity contribution in [3.8, 4) is 0 Å². The molecule has 114 valence electrons. The number of amides is 1. The van der Waals surface area contributed by atoms with Gasteiger partial charge in [-0.05, 0) is 31.0 Å². The number of nitro benzene ring substituents is 1. The summed E-state index contributed by atoms with van der Waals surface area (Å²) in [6, 6.07) is 6.41. The molecule has 1 amide bonds. The average Bonchev–Trinajstić information content (AvgIpc) is 3.17. The van der Waals surface area contributed by atoms with Gasteiger partial charge in [0.2, 0.25) is 0 Å². The van der Waals surface area contributed by atoms with Gasteiger partial charge in [-0.25, -0.2) is 0 Å². The molecule has 22 heavy (non-hydrogen) atoms. The van der Waals surface area contributed by atoms with E-state index in [2.05, 4.69) is 5.10 Å². The molecule has 1 unspecified atom stereocenters. The van der Waals surface area contributed by atoms with Crippen LogP contribution >= 0.6 is 0 Å². The van der Waals surface area contributed by atoms with Gasteiger partial charge in [0.05, 0.1) is 11.0 Å². The topological polar surface area (TPSA) is 81.3 Å². The second-order valence-electron chi connectivity index (χ2n) is 5.44. The Balaban J connectivity index is 1.76. The Labute approximate surface area is 127 Å². The number of non-ortho nitro benzene ring substituents is 1. The van der Waals surface area contributed by atoms with Crippen molar-refractivity contribution in [1.29, 1.82) is 0 Å². The normalized spacial score (nSPS) is 17.7. The second-order valence-corrected chi connectivity index (χ2v) is 5.44. The molecule has 0 radical (unpaired) electrons. The van der Waals surface area contributed by atoms with Crippen LogP contribution in [0.1, 0.15) is 28.4 Å². The molecule has 1 aromatic carbocycles. The first-order valence-electron chi connectivity index (χ1n) is 7.09. The van der Waals surface area contributed by atoms with E-state index in [9.17, 15) is 14.9 Å². The zero-order valence-electron chi connectivity index (χ0n) is 12.2. The van der Waals surface area contributed by atoms with E-state index in [-0.39, 0.29) is 17.6 Å². The highest BCUT2D eigenvalue weighted by molar-refractivity contribution is 5.96. The monoisotopic (exact) mass is 300 g/mol. The van der Waals surface area contributed by atoms with Crippen LogP contribution in [0.25, 0.3) is 0 Å². The molecule has 1 saturated heterocycles. The number of nitro groups is 1. The van der Waals surface area contributed by atoms with Crippen molar-refractivity contribution >= 4 is 11.6 Å². The Morgan fingerprint density at radius 1 is 1.45 bits per heavy atom. The Morgan fingerprint density at radius 2 is 2.27 bits per heavy atom. The highest BCUT2D eigenvalue weighted by atomic mass is 16.6. The van der Waals surface area contributed by atoms with E-state index in [4.69, 9.17) is 0 Å². The summed E-state index contributed by atoms with van der Waals surface area (Å²) in [5.74, 6) is -0.0814. The smallest absolute Gasteiger partial charge is 0.269 e. The first-order chi connectivity index (χ1) is 10.6. The van der Waals surface area contributed by atoms with Crippen LogP contribution in [-0.2, 0) is 0 Å². The summed E-state index contributed by atoms with van der Waals surface area (Å²) in [6.45, 7) is 3.00. The largest absolute Gasteiger partial charge is 0.336 e. The number of carbonyl (C=O) groups excluding carboxylic acids is 1. The summed E-state index contributed by atoms with van der Waals surface area (Å²) in [5.41, 5.74) is 1.15. The van der Waals surface area contributed by atoms with Gasteiger partial charge in [0.25, 0.3) is 11.6 Å². The Morgan fingerprint density at radius 3 is 2.91 bits per heavy atom. The van der Waals surface area contributed by atoms with Gasteiger partial charge in [0.1, 0.15) is 0 Å². The van der Waals surface area contributed by atoms with Gasteiger partial charge >= 0.3 is 0 Å². The third-order valence-corrected chi connectivity index (χ3v) is 4.00. The number of likely N-dealkylation sites (tertiary alicyclic amines) is 1. The fourth-order valence-corrected chi connectivity index (χ4v) is 2.81. The van der Waals surface area contributed by atoms with E-state index in [0.29, 0.717) is 24.2 Å². The molecule has 7 nitrogen and oxygen atoms in total. The lowest BCUT2D eigenvalue weighted by atomic mass is 10.1. The molecule has 1 aromatic heterocycles. The molecule has 0 saturated carbocycles. The SMILES string of the molecule is Cc1cc([N+](=O)[O-])ccc1C(=O)N1CCC(n2cccn2)C1. The van der Waals surface area contributed by atoms with Gasteiger partial charge in [0, 0.05) is 43.2 Å². The van der Waals surface area contributed by atoms with Crippen molar-refractivity contribution in [3.05, 3.63) is 57.9 Å². The molecule has 1 atom stereocenters. The van der Waals surface area contributed by atoms with Gasteiger partial charge < -0.3 is 4.90 Å². The van der Waals surface area contributed by atoms with Gasteiger partial charge in [-0.1, -0.05) is 0 Å². The molecule has 0 aliphatic carbocycles. The molecule has 0 spiro atoms. The summed E-state index contributed by atoms with van der Waals surface area (Å²) in [6.07, 6.45) is 4.49. The van der Waals surface area contributed by atoms with Crippen LogP contribution < -0.4 is 0 Å². The van der Waals surface area contributed by atoms with Crippen LogP contribution in [0.15, 0.2) is 36.7 Å². The summed E-state index contributed by atoms with van der Waals surface area (Å²) in [4.78, 5) is 24.7. The molecule has 2 aromatic rings. The molecule has 7 heteroatoms. The lowest BCUT2D eigenvalue weighted by Gasteiger charge is -2.18. The highest BCUT2D eigenvalue weighted by Gasteiger charge is 2.29. The maximum atomic E-state index is 12.6. The Kier molecular flexibility index (Phi) is 3.62. The summed E-state index contributed by atoms with van der Waals surface area (Å²) in [5, 5.41) is 15.0. The number of aromatic nitrogens is 2. The molecule has 1 aliphatic heterocycles. The first kappa shape index (κ1) is 14.2. The second kappa shape index (κ2) is 5.59. The fourth-order valence-electron chi connectivity index (χ4n) is 2.81. The standard InChI is InChI=1S/C15H16N4O3/c1-11-9-12(19(21)22)3-4-14(11)15(20)17-8-5-13(10-17)18-7-2-6-16-18/h2-4,6-7,9,13H,5,8,10H2,1H3. The molecule has 3 rings (SSSR count). The van der Waals surface area contributed by atoms with Crippen LogP contribution in [0.5, 0.6) is 0 Å². The first-order valence-corrected chi connectivity index (χ1v) is 7.09. The summed E-state index contributed by atoms with van der Waals surface area (Å²) >= 11 is 0. The molecule has 2 heterocycles. The van der Waals surface area contributed by atoms with Crippen molar-refractivity contribution < 1.29 is 9.72 Å². The number of hydrogen-bond acceptors (Lipinski definition) is 4. The molecular formula is C15H16N4O3. The number of aryl methyl sites for hydroxylation is 1. The fraction of sp³-hybridized carbons (Fsp3) is 0.333. The van der Waals surface area contributed by atoms with Crippen LogP contribution in [0.3, 0.4) is 0 Å². The summed E-state index contributed by atoms with van der Waals surface area (Å²) in [7, 11) is 0. The quantitative estimate of drug-likeness (QED) is 0.642.